The molecule has 2 unspecified atom stereocenters. The quantitative estimate of drug-likeness (QED) is 0.550. The van der Waals surface area contributed by atoms with Crippen molar-refractivity contribution < 1.29 is 22.7 Å². The first kappa shape index (κ1) is 20.0. The Labute approximate surface area is 173 Å². The van der Waals surface area contributed by atoms with E-state index in [0.717, 1.165) is 27.6 Å². The summed E-state index contributed by atoms with van der Waals surface area (Å²) >= 11 is 7.23. The van der Waals surface area contributed by atoms with E-state index in [9.17, 15) is 18.0 Å². The molecule has 2 N–H and O–H groups in total. The van der Waals surface area contributed by atoms with Crippen molar-refractivity contribution in [3.63, 3.8) is 0 Å². The lowest BCUT2D eigenvalue weighted by Gasteiger charge is -2.12. The molecule has 1 aliphatic carbocycles. The maximum atomic E-state index is 12.6. The maximum absolute atomic E-state index is 12.6. The number of thiophene rings is 1. The van der Waals surface area contributed by atoms with Gasteiger partial charge in [0.2, 0.25) is 5.91 Å². The molecular formula is C19H17ClF3N3O2S. The van der Waals surface area contributed by atoms with Crippen LogP contribution in [0, 0.1) is 5.92 Å². The van der Waals surface area contributed by atoms with Gasteiger partial charge in [0.15, 0.2) is 11.7 Å². The Balaban J connectivity index is 1.35. The van der Waals surface area contributed by atoms with Crippen molar-refractivity contribution in [2.45, 2.75) is 31.5 Å². The molecule has 5 nitrogen and oxygen atoms in total. The van der Waals surface area contributed by atoms with Gasteiger partial charge in [-0.1, -0.05) is 17.7 Å². The Kier molecular flexibility index (Phi) is 5.20. The number of fused-ring (bicyclic) bond motifs is 1. The van der Waals surface area contributed by atoms with E-state index in [1.54, 1.807) is 19.1 Å². The zero-order chi connectivity index (χ0) is 20.8. The van der Waals surface area contributed by atoms with Gasteiger partial charge in [0.1, 0.15) is 11.3 Å². The van der Waals surface area contributed by atoms with Crippen molar-refractivity contribution in [3.8, 4) is 5.06 Å². The van der Waals surface area contributed by atoms with Crippen molar-refractivity contribution >= 4 is 39.9 Å². The molecule has 1 aromatic carbocycles. The lowest BCUT2D eigenvalue weighted by atomic mass is 10.2. The average molecular weight is 444 g/mol. The minimum absolute atomic E-state index is 0.000294. The molecule has 0 spiro atoms. The summed E-state index contributed by atoms with van der Waals surface area (Å²) in [7, 11) is 0. The Morgan fingerprint density at radius 2 is 2.21 bits per heavy atom. The Morgan fingerprint density at radius 3 is 2.93 bits per heavy atom. The molecule has 2 heterocycles. The molecule has 154 valence electrons. The highest BCUT2D eigenvalue weighted by Crippen LogP contribution is 2.47. The third-order valence-corrected chi connectivity index (χ3v) is 6.21. The van der Waals surface area contributed by atoms with E-state index >= 15 is 0 Å². The van der Waals surface area contributed by atoms with Crippen molar-refractivity contribution in [1.29, 1.82) is 0 Å². The van der Waals surface area contributed by atoms with Gasteiger partial charge in [-0.05, 0) is 37.6 Å². The van der Waals surface area contributed by atoms with Crippen LogP contribution in [0.5, 0.6) is 5.06 Å². The number of aromatic nitrogens is 2. The summed E-state index contributed by atoms with van der Waals surface area (Å²) in [6, 6.07) is 8.29. The monoisotopic (exact) mass is 443 g/mol. The van der Waals surface area contributed by atoms with Crippen molar-refractivity contribution in [1.82, 2.24) is 15.3 Å². The number of hydrogen-bond donors (Lipinski definition) is 2. The predicted octanol–water partition coefficient (Wildman–Crippen LogP) is 5.20. The first-order valence-electron chi connectivity index (χ1n) is 8.95. The molecule has 1 amide bonds. The van der Waals surface area contributed by atoms with Crippen LogP contribution in [0.3, 0.4) is 0 Å². The highest BCUT2D eigenvalue weighted by atomic mass is 35.5. The number of nitrogens with zero attached hydrogens (tertiary/aromatic N) is 1. The number of para-hydroxylation sites is 1. The third-order valence-electron chi connectivity index (χ3n) is 4.73. The minimum Gasteiger partial charge on any atom is -0.475 e. The summed E-state index contributed by atoms with van der Waals surface area (Å²) in [4.78, 5) is 21.0. The smallest absolute Gasteiger partial charge is 0.422 e. The largest absolute Gasteiger partial charge is 0.475 e. The fraction of sp³-hybridized carbons (Fsp3) is 0.368. The topological polar surface area (TPSA) is 67.0 Å². The van der Waals surface area contributed by atoms with Crippen LogP contribution in [0.2, 0.25) is 5.02 Å². The molecule has 0 bridgehead atoms. The van der Waals surface area contributed by atoms with Gasteiger partial charge >= 0.3 is 6.18 Å². The lowest BCUT2D eigenvalue weighted by molar-refractivity contribution is -0.152. The number of benzene rings is 1. The molecule has 0 saturated heterocycles. The highest BCUT2D eigenvalue weighted by molar-refractivity contribution is 7.13. The van der Waals surface area contributed by atoms with Crippen molar-refractivity contribution in [2.24, 2.45) is 5.92 Å². The van der Waals surface area contributed by atoms with Gasteiger partial charge < -0.3 is 15.0 Å². The summed E-state index contributed by atoms with van der Waals surface area (Å²) < 4.78 is 41.5. The molecule has 1 fully saturated rings. The number of ether oxygens (including phenoxy) is 1. The summed E-state index contributed by atoms with van der Waals surface area (Å²) in [6.45, 7) is 0.453. The van der Waals surface area contributed by atoms with Crippen molar-refractivity contribution in [3.05, 3.63) is 46.1 Å². The summed E-state index contributed by atoms with van der Waals surface area (Å²) in [6.07, 6.45) is -3.70. The number of halogens is 4. The van der Waals surface area contributed by atoms with Crippen LogP contribution < -0.4 is 10.1 Å². The normalized spacial score (nSPS) is 19.9. The molecule has 10 heteroatoms. The number of alkyl halides is 3. The van der Waals surface area contributed by atoms with Crippen LogP contribution in [0.1, 0.15) is 36.0 Å². The fourth-order valence-corrected chi connectivity index (χ4v) is 4.24. The maximum Gasteiger partial charge on any atom is 0.422 e. The number of amides is 1. The number of carbonyl (C=O) groups excluding carboxylic acids is 1. The van der Waals surface area contributed by atoms with Gasteiger partial charge in [0.05, 0.1) is 16.6 Å². The van der Waals surface area contributed by atoms with E-state index in [4.69, 9.17) is 16.3 Å². The molecule has 29 heavy (non-hydrogen) atoms. The summed E-state index contributed by atoms with van der Waals surface area (Å²) in [5, 5.41) is 3.64. The number of aromatic amines is 1. The second-order valence-corrected chi connectivity index (χ2v) is 8.48. The Bertz CT molecular complexity index is 1050. The molecule has 4 rings (SSSR count). The third kappa shape index (κ3) is 4.51. The molecule has 0 radical (unpaired) electrons. The number of hydrogen-bond acceptors (Lipinski definition) is 4. The number of rotatable bonds is 6. The van der Waals surface area contributed by atoms with Crippen molar-refractivity contribution in [2.75, 3.05) is 6.61 Å². The van der Waals surface area contributed by atoms with Gasteiger partial charge in [-0.15, -0.1) is 11.3 Å². The van der Waals surface area contributed by atoms with E-state index in [1.807, 2.05) is 12.1 Å². The first-order valence-corrected chi connectivity index (χ1v) is 10.1. The fourth-order valence-electron chi connectivity index (χ4n) is 3.17. The van der Waals surface area contributed by atoms with Crippen LogP contribution >= 0.6 is 22.9 Å². The molecule has 2 aromatic heterocycles. The Morgan fingerprint density at radius 1 is 1.41 bits per heavy atom. The Hall–Kier alpha value is -2.26. The van der Waals surface area contributed by atoms with Gasteiger partial charge in [-0.25, -0.2) is 4.98 Å². The summed E-state index contributed by atoms with van der Waals surface area (Å²) in [5.41, 5.74) is 1.52. The minimum atomic E-state index is -4.38. The van der Waals surface area contributed by atoms with Crippen LogP contribution in [0.15, 0.2) is 30.3 Å². The molecule has 3 aromatic rings. The van der Waals surface area contributed by atoms with Crippen LogP contribution in [-0.4, -0.2) is 28.7 Å². The standard InChI is InChI=1S/C19H17ClF3N3O2S/c1-9(14-5-6-15(29-14)28-8-19(21,22)23)24-18(27)11-7-10(11)17-25-13-4-2-3-12(20)16(13)26-17/h2-6,9-11H,7-8H2,1H3,(H,24,27)(H,25,26)/t9-,10?,11?/m1/s1. The van der Waals surface area contributed by atoms with E-state index in [0.29, 0.717) is 17.0 Å². The van der Waals surface area contributed by atoms with Gasteiger partial charge in [0, 0.05) is 16.7 Å². The molecule has 1 saturated carbocycles. The molecule has 0 aliphatic heterocycles. The SMILES string of the molecule is C[C@@H](NC(=O)C1CC1c1nc2c(Cl)cccc2[nH]1)c1ccc(OCC(F)(F)F)s1. The van der Waals surface area contributed by atoms with Crippen LogP contribution in [0.4, 0.5) is 13.2 Å². The number of imidazole rings is 1. The van der Waals surface area contributed by atoms with Gasteiger partial charge in [-0.2, -0.15) is 13.2 Å². The number of H-pyrrole nitrogens is 1. The highest BCUT2D eigenvalue weighted by Gasteiger charge is 2.46. The zero-order valence-electron chi connectivity index (χ0n) is 15.2. The number of carbonyl (C=O) groups is 1. The molecule has 1 aliphatic rings. The van der Waals surface area contributed by atoms with E-state index in [-0.39, 0.29) is 28.8 Å². The van der Waals surface area contributed by atoms with Gasteiger partial charge in [-0.3, -0.25) is 4.79 Å². The summed E-state index contributed by atoms with van der Waals surface area (Å²) in [5.74, 6) is 0.428. The predicted molar refractivity (Wildman–Crippen MR) is 104 cm³/mol. The second kappa shape index (κ2) is 7.53. The second-order valence-electron chi connectivity index (χ2n) is 7.00. The first-order chi connectivity index (χ1) is 13.7. The van der Waals surface area contributed by atoms with Gasteiger partial charge in [0.25, 0.3) is 0 Å². The number of nitrogens with one attached hydrogen (secondary N) is 2. The van der Waals surface area contributed by atoms with E-state index < -0.39 is 12.8 Å². The van der Waals surface area contributed by atoms with E-state index in [2.05, 4.69) is 15.3 Å². The zero-order valence-corrected chi connectivity index (χ0v) is 16.8. The van der Waals surface area contributed by atoms with E-state index in [1.165, 1.54) is 6.07 Å². The molecular weight excluding hydrogens is 427 g/mol. The molecule has 3 atom stereocenters. The average Bonchev–Trinajstić information content (AvgIpc) is 3.10. The lowest BCUT2D eigenvalue weighted by Crippen LogP contribution is -2.28. The van der Waals surface area contributed by atoms with Crippen LogP contribution in [0.25, 0.3) is 11.0 Å². The van der Waals surface area contributed by atoms with Crippen LogP contribution in [-0.2, 0) is 4.79 Å².